The molecule has 0 rings (SSSR count). The van der Waals surface area contributed by atoms with Gasteiger partial charge in [0.15, 0.2) is 0 Å². The summed E-state index contributed by atoms with van der Waals surface area (Å²) in [5, 5.41) is 0. The van der Waals surface area contributed by atoms with Crippen LogP contribution in [0.4, 0.5) is 0 Å². The predicted molar refractivity (Wildman–Crippen MR) is 53.4 cm³/mol. The molecule has 1 atom stereocenters. The van der Waals surface area contributed by atoms with Crippen LogP contribution in [0.1, 0.15) is 27.2 Å². The van der Waals surface area contributed by atoms with Gasteiger partial charge in [0.2, 0.25) is 0 Å². The Morgan fingerprint density at radius 2 is 1.83 bits per heavy atom. The second-order valence-corrected chi connectivity index (χ2v) is 3.83. The van der Waals surface area contributed by atoms with Crippen molar-refractivity contribution >= 4 is 0 Å². The Bertz CT molecular complexity index is 102. The van der Waals surface area contributed by atoms with Gasteiger partial charge >= 0.3 is 0 Å². The molecule has 0 aromatic rings. The number of nitrogens with zero attached hydrogens (tertiary/aromatic N) is 1. The summed E-state index contributed by atoms with van der Waals surface area (Å²) in [7, 11) is 4.20. The molecule has 0 radical (unpaired) electrons. The van der Waals surface area contributed by atoms with Crippen molar-refractivity contribution in [2.75, 3.05) is 27.2 Å². The van der Waals surface area contributed by atoms with Crippen LogP contribution >= 0.6 is 0 Å². The van der Waals surface area contributed by atoms with E-state index in [2.05, 4.69) is 39.8 Å². The summed E-state index contributed by atoms with van der Waals surface area (Å²) in [4.78, 5) is 2.20. The minimum atomic E-state index is 0.428. The molecule has 1 unspecified atom stereocenters. The predicted octanol–water partition coefficient (Wildman–Crippen LogP) is 2.00. The lowest BCUT2D eigenvalue weighted by atomic mass is 10.0. The fourth-order valence-electron chi connectivity index (χ4n) is 1.21. The van der Waals surface area contributed by atoms with Crippen LogP contribution in [0.15, 0.2) is 0 Å². The largest absolute Gasteiger partial charge is 0.378 e. The van der Waals surface area contributed by atoms with E-state index in [-0.39, 0.29) is 0 Å². The van der Waals surface area contributed by atoms with Crippen LogP contribution in [-0.2, 0) is 4.74 Å². The third-order valence-corrected chi connectivity index (χ3v) is 1.99. The first-order valence-corrected chi connectivity index (χ1v) is 4.84. The van der Waals surface area contributed by atoms with Gasteiger partial charge in [-0.05, 0) is 39.9 Å². The maximum atomic E-state index is 5.63. The Labute approximate surface area is 76.9 Å². The molecular weight excluding hydrogens is 150 g/mol. The Kier molecular flexibility index (Phi) is 6.39. The van der Waals surface area contributed by atoms with Crippen molar-refractivity contribution in [1.82, 2.24) is 4.90 Å². The minimum absolute atomic E-state index is 0.428. The highest BCUT2D eigenvalue weighted by Crippen LogP contribution is 2.10. The van der Waals surface area contributed by atoms with Crippen LogP contribution in [0.5, 0.6) is 0 Å². The average molecular weight is 173 g/mol. The van der Waals surface area contributed by atoms with Crippen LogP contribution in [0.25, 0.3) is 0 Å². The average Bonchev–Trinajstić information content (AvgIpc) is 1.96. The molecule has 74 valence electrons. The van der Waals surface area contributed by atoms with Gasteiger partial charge in [0.1, 0.15) is 0 Å². The lowest BCUT2D eigenvalue weighted by Crippen LogP contribution is -2.25. The van der Waals surface area contributed by atoms with E-state index < -0.39 is 0 Å². The summed E-state index contributed by atoms with van der Waals surface area (Å²) in [6.07, 6.45) is 1.57. The van der Waals surface area contributed by atoms with Crippen LogP contribution in [-0.4, -0.2) is 38.3 Å². The van der Waals surface area contributed by atoms with E-state index in [0.29, 0.717) is 12.0 Å². The number of rotatable bonds is 6. The summed E-state index contributed by atoms with van der Waals surface area (Å²) in [5.74, 6) is 0.630. The molecule has 12 heavy (non-hydrogen) atoms. The van der Waals surface area contributed by atoms with Crippen molar-refractivity contribution in [3.8, 4) is 0 Å². The van der Waals surface area contributed by atoms with Crippen LogP contribution in [0.2, 0.25) is 0 Å². The summed E-state index contributed by atoms with van der Waals surface area (Å²) in [6, 6.07) is 0. The minimum Gasteiger partial charge on any atom is -0.378 e. The van der Waals surface area contributed by atoms with Gasteiger partial charge in [-0.2, -0.15) is 0 Å². The van der Waals surface area contributed by atoms with Gasteiger partial charge in [0, 0.05) is 6.61 Å². The maximum Gasteiger partial charge on any atom is 0.0610 e. The molecule has 0 amide bonds. The fraction of sp³-hybridized carbons (Fsp3) is 1.00. The quantitative estimate of drug-likeness (QED) is 0.609. The van der Waals surface area contributed by atoms with Crippen molar-refractivity contribution in [1.29, 1.82) is 0 Å². The lowest BCUT2D eigenvalue weighted by Gasteiger charge is -2.22. The number of hydrogen-bond acceptors (Lipinski definition) is 2. The van der Waals surface area contributed by atoms with Gasteiger partial charge in [-0.25, -0.2) is 0 Å². The fourth-order valence-corrected chi connectivity index (χ4v) is 1.21. The van der Waals surface area contributed by atoms with Crippen molar-refractivity contribution in [2.24, 2.45) is 5.92 Å². The molecule has 0 heterocycles. The molecule has 0 aromatic carbocycles. The first kappa shape index (κ1) is 11.9. The van der Waals surface area contributed by atoms with Gasteiger partial charge in [0.05, 0.1) is 6.10 Å². The molecule has 0 bridgehead atoms. The first-order chi connectivity index (χ1) is 5.57. The second kappa shape index (κ2) is 6.44. The summed E-state index contributed by atoms with van der Waals surface area (Å²) >= 11 is 0. The summed E-state index contributed by atoms with van der Waals surface area (Å²) < 4.78 is 5.63. The zero-order valence-corrected chi connectivity index (χ0v) is 9.13. The molecule has 2 nitrogen and oxygen atoms in total. The van der Waals surface area contributed by atoms with E-state index in [1.807, 2.05) is 0 Å². The highest BCUT2D eigenvalue weighted by atomic mass is 16.5. The van der Waals surface area contributed by atoms with Crippen LogP contribution in [0, 0.1) is 5.92 Å². The topological polar surface area (TPSA) is 12.5 Å². The molecule has 0 fully saturated rings. The molecular formula is C10H23NO. The van der Waals surface area contributed by atoms with Crippen molar-refractivity contribution < 1.29 is 4.74 Å². The number of ether oxygens (including phenoxy) is 1. The molecule has 2 heteroatoms. The van der Waals surface area contributed by atoms with Gasteiger partial charge in [-0.1, -0.05) is 13.8 Å². The standard InChI is InChI=1S/C10H23NO/c1-6-12-10(9(2)3)7-8-11(4)5/h9-10H,6-8H2,1-5H3. The Balaban J connectivity index is 3.63. The Morgan fingerprint density at radius 3 is 2.17 bits per heavy atom. The monoisotopic (exact) mass is 173 g/mol. The molecule has 0 saturated carbocycles. The van der Waals surface area contributed by atoms with Gasteiger partial charge in [-0.15, -0.1) is 0 Å². The Morgan fingerprint density at radius 1 is 1.25 bits per heavy atom. The van der Waals surface area contributed by atoms with Gasteiger partial charge in [0.25, 0.3) is 0 Å². The molecule has 0 aromatic heterocycles. The van der Waals surface area contributed by atoms with E-state index in [4.69, 9.17) is 4.74 Å². The molecule has 0 aliphatic carbocycles. The van der Waals surface area contributed by atoms with E-state index in [1.165, 1.54) is 0 Å². The van der Waals surface area contributed by atoms with Crippen molar-refractivity contribution in [2.45, 2.75) is 33.3 Å². The normalized spacial score (nSPS) is 14.2. The third kappa shape index (κ3) is 5.56. The van der Waals surface area contributed by atoms with E-state index >= 15 is 0 Å². The maximum absolute atomic E-state index is 5.63. The lowest BCUT2D eigenvalue weighted by molar-refractivity contribution is 0.0206. The van der Waals surface area contributed by atoms with E-state index in [1.54, 1.807) is 0 Å². The highest BCUT2D eigenvalue weighted by Gasteiger charge is 2.12. The zero-order chi connectivity index (χ0) is 9.56. The second-order valence-electron chi connectivity index (χ2n) is 3.83. The Hall–Kier alpha value is -0.0800. The molecule has 0 aliphatic rings. The zero-order valence-electron chi connectivity index (χ0n) is 9.13. The summed E-state index contributed by atoms with van der Waals surface area (Å²) in [5.41, 5.74) is 0. The smallest absolute Gasteiger partial charge is 0.0610 e. The van der Waals surface area contributed by atoms with Crippen molar-refractivity contribution in [3.63, 3.8) is 0 Å². The van der Waals surface area contributed by atoms with E-state index in [9.17, 15) is 0 Å². The molecule has 0 saturated heterocycles. The molecule has 0 spiro atoms. The van der Waals surface area contributed by atoms with Crippen LogP contribution in [0.3, 0.4) is 0 Å². The van der Waals surface area contributed by atoms with Gasteiger partial charge < -0.3 is 9.64 Å². The van der Waals surface area contributed by atoms with Crippen LogP contribution < -0.4 is 0 Å². The van der Waals surface area contributed by atoms with Crippen molar-refractivity contribution in [3.05, 3.63) is 0 Å². The van der Waals surface area contributed by atoms with E-state index in [0.717, 1.165) is 19.6 Å². The van der Waals surface area contributed by atoms with Gasteiger partial charge in [-0.3, -0.25) is 0 Å². The highest BCUT2D eigenvalue weighted by molar-refractivity contribution is 4.63. The SMILES string of the molecule is CCOC(CCN(C)C)C(C)C. The molecule has 0 N–H and O–H groups in total. The first-order valence-electron chi connectivity index (χ1n) is 4.84. The summed E-state index contributed by atoms with van der Waals surface area (Å²) in [6.45, 7) is 8.44. The third-order valence-electron chi connectivity index (χ3n) is 1.99. The number of hydrogen-bond donors (Lipinski definition) is 0. The molecule has 0 aliphatic heterocycles.